The number of likely N-dealkylation sites (N-methyl/N-ethyl adjacent to an activating group) is 1. The van der Waals surface area contributed by atoms with Gasteiger partial charge in [0.2, 0.25) is 5.75 Å². The van der Waals surface area contributed by atoms with Crippen molar-refractivity contribution < 1.29 is 23.9 Å². The van der Waals surface area contributed by atoms with Crippen LogP contribution in [0.5, 0.6) is 5.75 Å². The summed E-state index contributed by atoms with van der Waals surface area (Å²) in [6.07, 6.45) is 2.14. The fraction of sp³-hybridized carbons (Fsp3) is 0.458. The molecule has 3 N–H and O–H groups in total. The Morgan fingerprint density at radius 1 is 1.14 bits per heavy atom. The van der Waals surface area contributed by atoms with Gasteiger partial charge in [0, 0.05) is 27.2 Å². The van der Waals surface area contributed by atoms with E-state index < -0.39 is 46.1 Å². The minimum atomic E-state index is -1.14. The van der Waals surface area contributed by atoms with Gasteiger partial charge in [0.05, 0.1) is 5.54 Å². The Morgan fingerprint density at radius 3 is 2.37 bits per heavy atom. The normalized spacial score (nSPS) is 22.6. The van der Waals surface area contributed by atoms with Crippen LogP contribution in [-0.2, 0) is 28.2 Å². The Hall–Kier alpha value is -3.76. The van der Waals surface area contributed by atoms with Gasteiger partial charge in [0.1, 0.15) is 11.6 Å². The molecule has 0 saturated heterocycles. The van der Waals surface area contributed by atoms with E-state index in [2.05, 4.69) is 15.6 Å². The number of halogens is 1. The third kappa shape index (κ3) is 4.50. The van der Waals surface area contributed by atoms with Crippen LogP contribution in [0.15, 0.2) is 29.1 Å². The monoisotopic (exact) mass is 485 g/mol. The van der Waals surface area contributed by atoms with Crippen molar-refractivity contribution in [3.8, 4) is 5.75 Å². The first kappa shape index (κ1) is 24.4. The fourth-order valence-corrected chi connectivity index (χ4v) is 4.78. The minimum Gasteiger partial charge on any atom is -0.501 e. The minimum absolute atomic E-state index is 0.0237. The number of nitrogens with zero attached hydrogens (tertiary/aromatic N) is 3. The lowest BCUT2D eigenvalue weighted by atomic mass is 9.69. The maximum absolute atomic E-state index is 13.2. The van der Waals surface area contributed by atoms with Crippen LogP contribution in [0.4, 0.5) is 4.39 Å². The molecule has 0 unspecified atom stereocenters. The predicted molar refractivity (Wildman–Crippen MR) is 123 cm³/mol. The van der Waals surface area contributed by atoms with Crippen LogP contribution in [0.2, 0.25) is 0 Å². The summed E-state index contributed by atoms with van der Waals surface area (Å²) in [5.74, 6) is -3.43. The Bertz CT molecular complexity index is 1250. The lowest BCUT2D eigenvalue weighted by molar-refractivity contribution is -0.145. The first-order chi connectivity index (χ1) is 16.4. The van der Waals surface area contributed by atoms with E-state index in [9.17, 15) is 28.7 Å². The van der Waals surface area contributed by atoms with Gasteiger partial charge in [-0.05, 0) is 48.8 Å². The van der Waals surface area contributed by atoms with E-state index >= 15 is 0 Å². The van der Waals surface area contributed by atoms with Crippen LogP contribution in [-0.4, -0.2) is 51.4 Å². The molecule has 2 aromatic rings. The highest BCUT2D eigenvalue weighted by Crippen LogP contribution is 2.49. The predicted octanol–water partition coefficient (Wildman–Crippen LogP) is 1.01. The van der Waals surface area contributed by atoms with Gasteiger partial charge >= 0.3 is 11.8 Å². The zero-order valence-corrected chi connectivity index (χ0v) is 19.9. The lowest BCUT2D eigenvalue weighted by Crippen LogP contribution is -2.53. The number of aromatic hydroxyl groups is 1. The van der Waals surface area contributed by atoms with E-state index in [1.54, 1.807) is 0 Å². The number of nitrogens with one attached hydrogen (secondary N) is 2. The molecule has 3 amide bonds. The summed E-state index contributed by atoms with van der Waals surface area (Å²) in [6.45, 7) is 2.31. The van der Waals surface area contributed by atoms with E-state index in [1.165, 1.54) is 42.9 Å². The highest BCUT2D eigenvalue weighted by molar-refractivity contribution is 6.35. The summed E-state index contributed by atoms with van der Waals surface area (Å²) in [5, 5.41) is 16.0. The number of hydrogen-bond donors (Lipinski definition) is 3. The smallest absolute Gasteiger partial charge is 0.311 e. The molecule has 11 heteroatoms. The first-order valence-electron chi connectivity index (χ1n) is 11.4. The molecule has 10 nitrogen and oxygen atoms in total. The van der Waals surface area contributed by atoms with Gasteiger partial charge in [-0.15, -0.1) is 0 Å². The van der Waals surface area contributed by atoms with Crippen molar-refractivity contribution >= 4 is 17.7 Å². The van der Waals surface area contributed by atoms with Crippen LogP contribution < -0.4 is 16.2 Å². The number of fused-ring (bicyclic) bond motifs is 2. The quantitative estimate of drug-likeness (QED) is 0.554. The molecular formula is C24H28FN5O5. The Kier molecular flexibility index (Phi) is 6.12. The number of hydrogen-bond acceptors (Lipinski definition) is 6. The second-order valence-electron chi connectivity index (χ2n) is 9.88. The summed E-state index contributed by atoms with van der Waals surface area (Å²) in [6, 6.07) is 5.51. The zero-order chi connectivity index (χ0) is 25.5. The molecule has 1 aromatic carbocycles. The van der Waals surface area contributed by atoms with Crippen LogP contribution in [0, 0.1) is 11.2 Å². The maximum atomic E-state index is 13.2. The fourth-order valence-electron chi connectivity index (χ4n) is 4.78. The molecule has 186 valence electrons. The molecule has 0 atom stereocenters. The Labute approximate surface area is 201 Å². The number of carbonyl (C=O) groups excluding carboxylic acids is 3. The van der Waals surface area contributed by atoms with Gasteiger partial charge in [-0.3, -0.25) is 23.7 Å². The maximum Gasteiger partial charge on any atom is 0.311 e. The van der Waals surface area contributed by atoms with E-state index in [0.717, 1.165) is 4.90 Å². The van der Waals surface area contributed by atoms with Crippen molar-refractivity contribution in [3.63, 3.8) is 0 Å². The molecular weight excluding hydrogens is 457 g/mol. The molecule has 1 saturated carbocycles. The van der Waals surface area contributed by atoms with Crippen molar-refractivity contribution in [1.29, 1.82) is 0 Å². The summed E-state index contributed by atoms with van der Waals surface area (Å²) in [4.78, 5) is 56.7. The van der Waals surface area contributed by atoms with Gasteiger partial charge in [-0.25, -0.2) is 9.37 Å². The zero-order valence-electron chi connectivity index (χ0n) is 19.9. The first-order valence-corrected chi connectivity index (χ1v) is 11.4. The van der Waals surface area contributed by atoms with Crippen molar-refractivity contribution in [2.24, 2.45) is 5.41 Å². The molecule has 0 radical (unpaired) electrons. The summed E-state index contributed by atoms with van der Waals surface area (Å²) in [7, 11) is 2.92. The van der Waals surface area contributed by atoms with Gasteiger partial charge in [0.25, 0.3) is 11.5 Å². The largest absolute Gasteiger partial charge is 0.501 e. The van der Waals surface area contributed by atoms with Crippen LogP contribution in [0.25, 0.3) is 0 Å². The molecule has 3 heterocycles. The van der Waals surface area contributed by atoms with Crippen LogP contribution in [0.1, 0.15) is 54.5 Å². The third-order valence-electron chi connectivity index (χ3n) is 6.96. The van der Waals surface area contributed by atoms with Crippen LogP contribution >= 0.6 is 0 Å². The molecule has 1 fully saturated rings. The SMILES string of the molecule is CN(C)C(=O)C(=O)NC12CCC(C)(CC1)Cn1c2nc(C(=O)NCc2ccc(F)cc2)c(O)c1=O. The van der Waals surface area contributed by atoms with Gasteiger partial charge in [-0.2, -0.15) is 0 Å². The second-order valence-corrected chi connectivity index (χ2v) is 9.88. The van der Waals surface area contributed by atoms with Gasteiger partial charge in [0.15, 0.2) is 5.69 Å². The lowest BCUT2D eigenvalue weighted by Gasteiger charge is -2.40. The molecule has 35 heavy (non-hydrogen) atoms. The highest BCUT2D eigenvalue weighted by atomic mass is 19.1. The van der Waals surface area contributed by atoms with E-state index in [4.69, 9.17) is 0 Å². The van der Waals surface area contributed by atoms with Gasteiger partial charge < -0.3 is 20.6 Å². The van der Waals surface area contributed by atoms with Crippen molar-refractivity contribution in [1.82, 2.24) is 25.1 Å². The van der Waals surface area contributed by atoms with Gasteiger partial charge in [-0.1, -0.05) is 19.1 Å². The Morgan fingerprint density at radius 2 is 1.77 bits per heavy atom. The standard InChI is InChI=1S/C24H28FN5O5/c1-23-8-10-24(11-9-23,28-19(33)21(35)29(2)3)22-27-16(17(31)20(34)30(22)13-23)18(32)26-12-14-4-6-15(25)7-5-14/h4-7,31H,8-13H2,1-3H3,(H,26,32)(H,28,33). The highest BCUT2D eigenvalue weighted by Gasteiger charge is 2.50. The number of aromatic nitrogens is 2. The number of benzene rings is 1. The Balaban J connectivity index is 1.73. The molecule has 2 bridgehead atoms. The van der Waals surface area contributed by atoms with Crippen molar-refractivity contribution in [2.75, 3.05) is 14.1 Å². The second kappa shape index (κ2) is 8.79. The van der Waals surface area contributed by atoms with Crippen molar-refractivity contribution in [2.45, 2.75) is 51.2 Å². The van der Waals surface area contributed by atoms with Crippen molar-refractivity contribution in [3.05, 3.63) is 57.5 Å². The number of carbonyl (C=O) groups is 3. The average Bonchev–Trinajstić information content (AvgIpc) is 3.02. The average molecular weight is 486 g/mol. The number of rotatable bonds is 4. The molecule has 2 aliphatic heterocycles. The molecule has 1 aromatic heterocycles. The molecule has 5 rings (SSSR count). The number of amides is 3. The van der Waals surface area contributed by atoms with Crippen LogP contribution in [0.3, 0.4) is 0 Å². The summed E-state index contributed by atoms with van der Waals surface area (Å²) < 4.78 is 14.5. The topological polar surface area (TPSA) is 134 Å². The third-order valence-corrected chi connectivity index (χ3v) is 6.96. The molecule has 0 spiro atoms. The summed E-state index contributed by atoms with van der Waals surface area (Å²) in [5.41, 5.74) is -2.04. The molecule has 3 aliphatic rings. The van der Waals surface area contributed by atoms with E-state index in [1.807, 2.05) is 6.92 Å². The van der Waals surface area contributed by atoms with E-state index in [0.29, 0.717) is 31.2 Å². The molecule has 1 aliphatic carbocycles. The van der Waals surface area contributed by atoms with E-state index in [-0.39, 0.29) is 24.3 Å². The summed E-state index contributed by atoms with van der Waals surface area (Å²) >= 11 is 0.